The topological polar surface area (TPSA) is 0 Å². The maximum Gasteiger partial charge on any atom is 0.0514 e. The van der Waals surface area contributed by atoms with Crippen molar-refractivity contribution in [1.29, 1.82) is 0 Å². The molecule has 0 saturated heterocycles. The van der Waals surface area contributed by atoms with E-state index in [0.717, 1.165) is 0 Å². The third kappa shape index (κ3) is 0.894. The second-order valence-corrected chi connectivity index (χ2v) is 5.48. The van der Waals surface area contributed by atoms with Crippen LogP contribution >= 0.6 is 11.3 Å². The maximum absolute atomic E-state index is 2.28. The molecule has 0 bridgehead atoms. The summed E-state index contributed by atoms with van der Waals surface area (Å²) < 4.78 is 2.95. The zero-order valence-electron chi connectivity index (χ0n) is 5.79. The first-order valence-electron chi connectivity index (χ1n) is 3.31. The van der Waals surface area contributed by atoms with Gasteiger partial charge in [-0.1, -0.05) is 18.2 Å². The molecule has 0 spiro atoms. The van der Waals surface area contributed by atoms with Crippen LogP contribution in [0.4, 0.5) is 0 Å². The molecule has 0 unspecified atom stereocenters. The van der Waals surface area contributed by atoms with E-state index in [-0.39, 0.29) is 0 Å². The lowest BCUT2D eigenvalue weighted by molar-refractivity contribution is 1.86. The molecule has 0 N–H and O–H groups in total. The van der Waals surface area contributed by atoms with Gasteiger partial charge in [-0.25, -0.2) is 0 Å². The van der Waals surface area contributed by atoms with Gasteiger partial charge in [-0.05, 0) is 22.0 Å². The van der Waals surface area contributed by atoms with E-state index in [1.54, 1.807) is 0 Å². The molecule has 2 rings (SSSR count). The zero-order chi connectivity index (χ0) is 6.97. The number of thiophene rings is 1. The molecular formula is C8H8SSi. The normalized spacial score (nSPS) is 10.8. The summed E-state index contributed by atoms with van der Waals surface area (Å²) >= 11 is 1.91. The summed E-state index contributed by atoms with van der Waals surface area (Å²) in [6, 6.07) is 10.8. The summed E-state index contributed by atoms with van der Waals surface area (Å²) in [4.78, 5) is 0. The van der Waals surface area contributed by atoms with Crippen molar-refractivity contribution < 1.29 is 0 Å². The van der Waals surface area contributed by atoms with Gasteiger partial charge in [0.15, 0.2) is 0 Å². The lowest BCUT2D eigenvalue weighted by Crippen LogP contribution is -1.88. The van der Waals surface area contributed by atoms with E-state index in [2.05, 4.69) is 30.3 Å². The summed E-state index contributed by atoms with van der Waals surface area (Å²) in [6.45, 7) is 0. The number of benzene rings is 1. The quantitative estimate of drug-likeness (QED) is 0.507. The summed E-state index contributed by atoms with van der Waals surface area (Å²) in [6.07, 6.45) is 0. The molecule has 0 atom stereocenters. The third-order valence-corrected chi connectivity index (χ3v) is 3.48. The minimum absolute atomic E-state index is 1.18. The van der Waals surface area contributed by atoms with Crippen LogP contribution in [0, 0.1) is 0 Å². The summed E-state index contributed by atoms with van der Waals surface area (Å²) in [7, 11) is 1.18. The van der Waals surface area contributed by atoms with Gasteiger partial charge in [0.05, 0.1) is 10.2 Å². The standard InChI is InChI=1S/C8H8SSi/c10-8-5-6-3-1-2-4-7(6)9-8/h1-5H,10H3. The summed E-state index contributed by atoms with van der Waals surface area (Å²) in [5.41, 5.74) is 0. The minimum atomic E-state index is 1.18. The first-order chi connectivity index (χ1) is 4.86. The van der Waals surface area contributed by atoms with Gasteiger partial charge in [0.25, 0.3) is 0 Å². The van der Waals surface area contributed by atoms with E-state index in [1.165, 1.54) is 24.8 Å². The van der Waals surface area contributed by atoms with E-state index < -0.39 is 0 Å². The highest BCUT2D eigenvalue weighted by atomic mass is 32.1. The van der Waals surface area contributed by atoms with E-state index in [4.69, 9.17) is 0 Å². The van der Waals surface area contributed by atoms with Crippen molar-refractivity contribution in [3.63, 3.8) is 0 Å². The van der Waals surface area contributed by atoms with E-state index in [0.29, 0.717) is 0 Å². The molecule has 0 nitrogen and oxygen atoms in total. The van der Waals surface area contributed by atoms with E-state index in [1.807, 2.05) is 11.3 Å². The molecule has 0 radical (unpaired) electrons. The summed E-state index contributed by atoms with van der Waals surface area (Å²) in [5.74, 6) is 0. The molecule has 0 fully saturated rings. The first-order valence-corrected chi connectivity index (χ1v) is 5.13. The molecule has 0 amide bonds. The van der Waals surface area contributed by atoms with Gasteiger partial charge in [0, 0.05) is 4.70 Å². The first kappa shape index (κ1) is 6.13. The van der Waals surface area contributed by atoms with Crippen LogP contribution in [0.1, 0.15) is 0 Å². The molecule has 1 aromatic heterocycles. The molecule has 1 aromatic carbocycles. The fourth-order valence-electron chi connectivity index (χ4n) is 1.11. The number of hydrogen-bond acceptors (Lipinski definition) is 1. The van der Waals surface area contributed by atoms with Crippen molar-refractivity contribution >= 4 is 36.2 Å². The van der Waals surface area contributed by atoms with Crippen LogP contribution in [0.2, 0.25) is 0 Å². The molecule has 1 heterocycles. The van der Waals surface area contributed by atoms with Gasteiger partial charge in [-0.3, -0.25) is 0 Å². The Labute approximate surface area is 66.9 Å². The Morgan fingerprint density at radius 2 is 2.00 bits per heavy atom. The van der Waals surface area contributed by atoms with Gasteiger partial charge in [0.2, 0.25) is 0 Å². The highest BCUT2D eigenvalue weighted by molar-refractivity contribution is 7.26. The Morgan fingerprint density at radius 1 is 1.20 bits per heavy atom. The van der Waals surface area contributed by atoms with Crippen molar-refractivity contribution in [3.8, 4) is 0 Å². The van der Waals surface area contributed by atoms with Crippen LogP contribution in [-0.4, -0.2) is 10.2 Å². The Balaban J connectivity index is 2.88. The van der Waals surface area contributed by atoms with Crippen LogP contribution in [0.15, 0.2) is 30.3 Å². The smallest absolute Gasteiger partial charge is 0.0514 e. The predicted octanol–water partition coefficient (Wildman–Crippen LogP) is 0.892. The fourth-order valence-corrected chi connectivity index (χ4v) is 3.01. The maximum atomic E-state index is 2.28. The van der Waals surface area contributed by atoms with Gasteiger partial charge in [-0.15, -0.1) is 11.3 Å². The van der Waals surface area contributed by atoms with Crippen LogP contribution in [-0.2, 0) is 0 Å². The minimum Gasteiger partial charge on any atom is -0.146 e. The number of rotatable bonds is 0. The molecule has 0 saturated carbocycles. The second kappa shape index (κ2) is 2.22. The van der Waals surface area contributed by atoms with Gasteiger partial charge >= 0.3 is 0 Å². The van der Waals surface area contributed by atoms with Gasteiger partial charge in [-0.2, -0.15) is 0 Å². The number of fused-ring (bicyclic) bond motifs is 1. The molecular weight excluding hydrogens is 156 g/mol. The average molecular weight is 164 g/mol. The highest BCUT2D eigenvalue weighted by Crippen LogP contribution is 2.16. The van der Waals surface area contributed by atoms with Crippen molar-refractivity contribution in [2.24, 2.45) is 0 Å². The monoisotopic (exact) mass is 164 g/mol. The molecule has 2 heteroatoms. The van der Waals surface area contributed by atoms with Crippen molar-refractivity contribution in [3.05, 3.63) is 30.3 Å². The van der Waals surface area contributed by atoms with Crippen molar-refractivity contribution in [1.82, 2.24) is 0 Å². The third-order valence-electron chi connectivity index (χ3n) is 1.55. The van der Waals surface area contributed by atoms with Crippen molar-refractivity contribution in [2.75, 3.05) is 0 Å². The van der Waals surface area contributed by atoms with E-state index >= 15 is 0 Å². The van der Waals surface area contributed by atoms with Gasteiger partial charge in [0.1, 0.15) is 0 Å². The lowest BCUT2D eigenvalue weighted by Gasteiger charge is -1.82. The van der Waals surface area contributed by atoms with Gasteiger partial charge < -0.3 is 0 Å². The molecule has 0 aliphatic rings. The fraction of sp³-hybridized carbons (Fsp3) is 0. The largest absolute Gasteiger partial charge is 0.146 e. The Bertz CT molecular complexity index is 318. The molecule has 10 heavy (non-hydrogen) atoms. The highest BCUT2D eigenvalue weighted by Gasteiger charge is 1.93. The van der Waals surface area contributed by atoms with Crippen LogP contribution in [0.3, 0.4) is 0 Å². The Kier molecular flexibility index (Phi) is 1.36. The van der Waals surface area contributed by atoms with Crippen LogP contribution < -0.4 is 4.50 Å². The Hall–Kier alpha value is -0.603. The molecule has 50 valence electrons. The summed E-state index contributed by atoms with van der Waals surface area (Å²) in [5, 5.41) is 1.40. The Morgan fingerprint density at radius 3 is 2.80 bits per heavy atom. The SMILES string of the molecule is [SiH3]c1cc2ccccc2s1. The van der Waals surface area contributed by atoms with Crippen LogP contribution in [0.5, 0.6) is 0 Å². The molecule has 0 aliphatic heterocycles. The lowest BCUT2D eigenvalue weighted by atomic mass is 10.3. The zero-order valence-corrected chi connectivity index (χ0v) is 8.61. The number of hydrogen-bond donors (Lipinski definition) is 0. The van der Waals surface area contributed by atoms with Crippen molar-refractivity contribution in [2.45, 2.75) is 0 Å². The molecule has 2 aromatic rings. The molecule has 0 aliphatic carbocycles. The second-order valence-electron chi connectivity index (χ2n) is 2.39. The predicted molar refractivity (Wildman–Crippen MR) is 51.4 cm³/mol. The average Bonchev–Trinajstić information content (AvgIpc) is 2.27. The van der Waals surface area contributed by atoms with Crippen LogP contribution in [0.25, 0.3) is 10.1 Å². The van der Waals surface area contributed by atoms with E-state index in [9.17, 15) is 0 Å².